The first kappa shape index (κ1) is 18.3. The van der Waals surface area contributed by atoms with Gasteiger partial charge in [0.25, 0.3) is 0 Å². The fourth-order valence-electron chi connectivity index (χ4n) is 3.60. The lowest BCUT2D eigenvalue weighted by Crippen LogP contribution is -2.20. The second-order valence-corrected chi connectivity index (χ2v) is 7.01. The lowest BCUT2D eigenvalue weighted by molar-refractivity contribution is 0.507. The smallest absolute Gasteiger partial charge is 0.192 e. The molecule has 0 radical (unpaired) electrons. The van der Waals surface area contributed by atoms with Crippen molar-refractivity contribution < 1.29 is 8.78 Å². The molecule has 1 aliphatic heterocycles. The van der Waals surface area contributed by atoms with Gasteiger partial charge in [0.2, 0.25) is 0 Å². The van der Waals surface area contributed by atoms with E-state index in [1.807, 2.05) is 29.2 Å². The molecule has 0 saturated heterocycles. The maximum atomic E-state index is 13.9. The van der Waals surface area contributed by atoms with Crippen LogP contribution in [0.4, 0.5) is 20.3 Å². The molecule has 0 bridgehead atoms. The van der Waals surface area contributed by atoms with Gasteiger partial charge < -0.3 is 4.90 Å². The monoisotopic (exact) mass is 405 g/mol. The van der Waals surface area contributed by atoms with Crippen LogP contribution in [-0.2, 0) is 13.0 Å². The highest BCUT2D eigenvalue weighted by Crippen LogP contribution is 2.40. The average Bonchev–Trinajstić information content (AvgIpc) is 3.21. The number of rotatable bonds is 4. The molecule has 0 N–H and O–H groups in total. The van der Waals surface area contributed by atoms with Crippen molar-refractivity contribution in [3.05, 3.63) is 71.7 Å². The van der Waals surface area contributed by atoms with Crippen LogP contribution in [0.5, 0.6) is 0 Å². The number of fused-ring (bicyclic) bond motifs is 5. The Morgan fingerprint density at radius 1 is 1.00 bits per heavy atom. The number of hydrogen-bond donors (Lipinski definition) is 0. The normalized spacial score (nSPS) is 12.2. The van der Waals surface area contributed by atoms with Gasteiger partial charge in [-0.25, -0.2) is 18.7 Å². The Hall–Kier alpha value is -3.75. The van der Waals surface area contributed by atoms with Crippen LogP contribution >= 0.6 is 0 Å². The van der Waals surface area contributed by atoms with Gasteiger partial charge in [0.05, 0.1) is 16.9 Å². The Morgan fingerprint density at radius 2 is 1.83 bits per heavy atom. The molecule has 30 heavy (non-hydrogen) atoms. The van der Waals surface area contributed by atoms with E-state index in [-0.39, 0.29) is 6.54 Å². The molecule has 2 aromatic heterocycles. The van der Waals surface area contributed by atoms with Crippen molar-refractivity contribution in [2.24, 2.45) is 0 Å². The van der Waals surface area contributed by atoms with Gasteiger partial charge in [-0.1, -0.05) is 25.1 Å². The summed E-state index contributed by atoms with van der Waals surface area (Å²) in [7, 11) is 0. The highest BCUT2D eigenvalue weighted by molar-refractivity contribution is 5.83. The summed E-state index contributed by atoms with van der Waals surface area (Å²) in [6.07, 6.45) is 3.34. The lowest BCUT2D eigenvalue weighted by atomic mass is 10.1. The van der Waals surface area contributed by atoms with Gasteiger partial charge in [0.1, 0.15) is 11.6 Å². The third kappa shape index (κ3) is 2.99. The predicted octanol–water partition coefficient (Wildman–Crippen LogP) is 4.00. The number of aryl methyl sites for hydroxylation is 1. The summed E-state index contributed by atoms with van der Waals surface area (Å²) < 4.78 is 29.0. The molecule has 4 aromatic rings. The topological polar surface area (TPSA) is 72.6 Å². The quantitative estimate of drug-likeness (QED) is 0.511. The molecule has 0 atom stereocenters. The molecule has 150 valence electrons. The van der Waals surface area contributed by atoms with E-state index in [0.717, 1.165) is 30.3 Å². The molecule has 0 unspecified atom stereocenters. The Bertz CT molecular complexity index is 1240. The van der Waals surface area contributed by atoms with E-state index in [9.17, 15) is 8.78 Å². The third-order valence-electron chi connectivity index (χ3n) is 4.98. The van der Waals surface area contributed by atoms with Crippen molar-refractivity contribution in [3.63, 3.8) is 0 Å². The standard InChI is InChI=1S/C21H17F2N7/c1-2-5-19-24-11-14-20(25-19)29(12-13-8-9-15(22)16(23)10-13)17-6-3-4-7-18(17)30-21(14)26-27-28-30/h3-4,6-11H,2,5,12H2,1H3. The van der Waals surface area contributed by atoms with Crippen molar-refractivity contribution >= 4 is 11.5 Å². The summed E-state index contributed by atoms with van der Waals surface area (Å²) in [5.41, 5.74) is 2.83. The van der Waals surface area contributed by atoms with E-state index in [1.54, 1.807) is 16.9 Å². The van der Waals surface area contributed by atoms with Crippen LogP contribution < -0.4 is 4.90 Å². The molecule has 5 rings (SSSR count). The van der Waals surface area contributed by atoms with Crippen molar-refractivity contribution in [3.8, 4) is 17.1 Å². The second kappa shape index (κ2) is 7.25. The largest absolute Gasteiger partial charge is 0.319 e. The summed E-state index contributed by atoms with van der Waals surface area (Å²) in [5, 5.41) is 12.2. The highest BCUT2D eigenvalue weighted by Gasteiger charge is 2.29. The minimum Gasteiger partial charge on any atom is -0.319 e. The van der Waals surface area contributed by atoms with Crippen molar-refractivity contribution in [1.82, 2.24) is 30.2 Å². The molecule has 2 aromatic carbocycles. The van der Waals surface area contributed by atoms with Crippen LogP contribution in [0.15, 0.2) is 48.7 Å². The summed E-state index contributed by atoms with van der Waals surface area (Å²) in [6, 6.07) is 11.5. The van der Waals surface area contributed by atoms with Crippen LogP contribution in [0, 0.1) is 11.6 Å². The minimum absolute atomic E-state index is 0.280. The zero-order chi connectivity index (χ0) is 20.7. The first-order valence-electron chi connectivity index (χ1n) is 9.61. The van der Waals surface area contributed by atoms with Gasteiger partial charge >= 0.3 is 0 Å². The lowest BCUT2D eigenvalue weighted by Gasteiger charge is -2.25. The molecule has 7 nitrogen and oxygen atoms in total. The van der Waals surface area contributed by atoms with Gasteiger partial charge in [-0.3, -0.25) is 0 Å². The maximum Gasteiger partial charge on any atom is 0.192 e. The fraction of sp³-hybridized carbons (Fsp3) is 0.190. The first-order valence-corrected chi connectivity index (χ1v) is 9.61. The number of anilines is 2. The van der Waals surface area contributed by atoms with Crippen molar-refractivity contribution in [2.75, 3.05) is 4.90 Å². The number of hydrogen-bond acceptors (Lipinski definition) is 6. The predicted molar refractivity (Wildman–Crippen MR) is 106 cm³/mol. The molecule has 0 spiro atoms. The van der Waals surface area contributed by atoms with Crippen LogP contribution in [0.3, 0.4) is 0 Å². The molecule has 0 fully saturated rings. The van der Waals surface area contributed by atoms with E-state index in [2.05, 4.69) is 27.4 Å². The number of benzene rings is 2. The number of tetrazole rings is 1. The molecule has 0 aliphatic carbocycles. The van der Waals surface area contributed by atoms with Crippen LogP contribution in [-0.4, -0.2) is 30.2 Å². The molecule has 9 heteroatoms. The molecular weight excluding hydrogens is 388 g/mol. The van der Waals surface area contributed by atoms with Gasteiger partial charge in [-0.2, -0.15) is 4.68 Å². The summed E-state index contributed by atoms with van der Waals surface area (Å²) in [6.45, 7) is 2.34. The Balaban J connectivity index is 1.73. The summed E-state index contributed by atoms with van der Waals surface area (Å²) in [5.74, 6) is 0.0831. The molecule has 3 heterocycles. The van der Waals surface area contributed by atoms with Crippen molar-refractivity contribution in [1.29, 1.82) is 0 Å². The van der Waals surface area contributed by atoms with Gasteiger partial charge in [-0.05, 0) is 46.7 Å². The SMILES string of the molecule is CCCc1ncc2c(n1)N(Cc1ccc(F)c(F)c1)c1ccccc1-n1nnnc1-2. The summed E-state index contributed by atoms with van der Waals surface area (Å²) >= 11 is 0. The van der Waals surface area contributed by atoms with Gasteiger partial charge in [-0.15, -0.1) is 5.10 Å². The van der Waals surface area contributed by atoms with E-state index in [1.165, 1.54) is 6.07 Å². The number of aromatic nitrogens is 6. The molecule has 0 amide bonds. The van der Waals surface area contributed by atoms with Gasteiger partial charge in [0, 0.05) is 19.2 Å². The molecule has 0 saturated carbocycles. The van der Waals surface area contributed by atoms with Crippen LogP contribution in [0.25, 0.3) is 17.1 Å². The van der Waals surface area contributed by atoms with Gasteiger partial charge in [0.15, 0.2) is 17.5 Å². The number of para-hydroxylation sites is 2. The minimum atomic E-state index is -0.885. The first-order chi connectivity index (χ1) is 14.7. The Labute approximate surface area is 171 Å². The van der Waals surface area contributed by atoms with Crippen LogP contribution in [0.2, 0.25) is 0 Å². The second-order valence-electron chi connectivity index (χ2n) is 7.01. The van der Waals surface area contributed by atoms with E-state index < -0.39 is 11.6 Å². The van der Waals surface area contributed by atoms with Crippen molar-refractivity contribution in [2.45, 2.75) is 26.3 Å². The average molecular weight is 405 g/mol. The van der Waals surface area contributed by atoms with E-state index >= 15 is 0 Å². The van der Waals surface area contributed by atoms with Crippen LogP contribution in [0.1, 0.15) is 24.7 Å². The van der Waals surface area contributed by atoms with E-state index in [4.69, 9.17) is 4.98 Å². The zero-order valence-corrected chi connectivity index (χ0v) is 16.1. The summed E-state index contributed by atoms with van der Waals surface area (Å²) in [4.78, 5) is 11.2. The number of nitrogens with zero attached hydrogens (tertiary/aromatic N) is 7. The number of halogens is 2. The zero-order valence-electron chi connectivity index (χ0n) is 16.1. The molecular formula is C21H17F2N7. The Kier molecular flexibility index (Phi) is 4.42. The third-order valence-corrected chi connectivity index (χ3v) is 4.98. The highest BCUT2D eigenvalue weighted by atomic mass is 19.2. The fourth-order valence-corrected chi connectivity index (χ4v) is 3.60. The molecule has 1 aliphatic rings. The maximum absolute atomic E-state index is 13.9. The van der Waals surface area contributed by atoms with E-state index in [0.29, 0.717) is 28.6 Å². The Morgan fingerprint density at radius 3 is 2.63 bits per heavy atom.